The zero-order valence-electron chi connectivity index (χ0n) is 24.0. The molecule has 0 bridgehead atoms. The molecule has 0 aromatic rings. The third-order valence-corrected chi connectivity index (χ3v) is 7.85. The van der Waals surface area contributed by atoms with Crippen LogP contribution in [0.25, 0.3) is 0 Å². The highest BCUT2D eigenvalue weighted by Gasteiger charge is 2.29. The number of hydrogen-bond acceptors (Lipinski definition) is 4. The van der Waals surface area contributed by atoms with Gasteiger partial charge < -0.3 is 14.9 Å². The van der Waals surface area contributed by atoms with Gasteiger partial charge in [-0.2, -0.15) is 0 Å². The number of ether oxygens (including phenoxy) is 1. The van der Waals surface area contributed by atoms with Gasteiger partial charge >= 0.3 is 5.97 Å². The lowest BCUT2D eigenvalue weighted by Crippen LogP contribution is -2.35. The molecule has 0 spiro atoms. The minimum absolute atomic E-state index is 0.109. The molecule has 0 aliphatic heterocycles. The Hall–Kier alpha value is -0.610. The fourth-order valence-corrected chi connectivity index (χ4v) is 4.83. The summed E-state index contributed by atoms with van der Waals surface area (Å²) in [4.78, 5) is 12.6. The molecule has 0 radical (unpaired) electrons. The molecule has 0 saturated carbocycles. The van der Waals surface area contributed by atoms with E-state index in [4.69, 9.17) is 4.74 Å². The molecule has 0 saturated heterocycles. The highest BCUT2D eigenvalue weighted by molar-refractivity contribution is 5.69. The predicted octanol–water partition coefficient (Wildman–Crippen LogP) is 8.76. The van der Waals surface area contributed by atoms with Gasteiger partial charge in [-0.05, 0) is 25.2 Å². The predicted molar refractivity (Wildman–Crippen MR) is 150 cm³/mol. The van der Waals surface area contributed by atoms with Crippen molar-refractivity contribution in [3.8, 4) is 0 Å². The van der Waals surface area contributed by atoms with Crippen molar-refractivity contribution >= 4 is 5.97 Å². The second kappa shape index (κ2) is 25.1. The molecule has 35 heavy (non-hydrogen) atoms. The van der Waals surface area contributed by atoms with Gasteiger partial charge in [-0.15, -0.1) is 0 Å². The molecular formula is C31H62O4. The third-order valence-electron chi connectivity index (χ3n) is 7.85. The number of carbonyl (C=O) groups excluding carboxylic acids is 1. The van der Waals surface area contributed by atoms with Crippen molar-refractivity contribution in [2.75, 3.05) is 19.8 Å². The molecule has 0 fully saturated rings. The van der Waals surface area contributed by atoms with Gasteiger partial charge in [0.05, 0.1) is 18.6 Å². The lowest BCUT2D eigenvalue weighted by Gasteiger charge is -2.28. The first-order valence-electron chi connectivity index (χ1n) is 15.4. The minimum Gasteiger partial charge on any atom is -0.465 e. The van der Waals surface area contributed by atoms with Gasteiger partial charge in [0.15, 0.2) is 0 Å². The van der Waals surface area contributed by atoms with E-state index in [1.807, 2.05) is 6.92 Å². The number of esters is 1. The van der Waals surface area contributed by atoms with Gasteiger partial charge in [0.2, 0.25) is 0 Å². The number of aliphatic hydroxyl groups is 2. The van der Waals surface area contributed by atoms with Crippen molar-refractivity contribution in [3.63, 3.8) is 0 Å². The molecule has 0 aliphatic carbocycles. The maximum Gasteiger partial charge on any atom is 0.306 e. The Kier molecular flexibility index (Phi) is 24.6. The van der Waals surface area contributed by atoms with E-state index in [0.29, 0.717) is 18.8 Å². The van der Waals surface area contributed by atoms with Crippen LogP contribution >= 0.6 is 0 Å². The number of unbranched alkanes of at least 4 members (excludes halogenated alkanes) is 16. The zero-order valence-corrected chi connectivity index (χ0v) is 24.0. The van der Waals surface area contributed by atoms with Crippen LogP contribution in [-0.4, -0.2) is 36.0 Å². The van der Waals surface area contributed by atoms with Crippen molar-refractivity contribution in [3.05, 3.63) is 0 Å². The van der Waals surface area contributed by atoms with Crippen molar-refractivity contribution in [2.24, 2.45) is 11.3 Å². The lowest BCUT2D eigenvalue weighted by molar-refractivity contribution is -0.151. The smallest absolute Gasteiger partial charge is 0.306 e. The maximum absolute atomic E-state index is 12.6. The van der Waals surface area contributed by atoms with Gasteiger partial charge in [-0.3, -0.25) is 4.79 Å². The Balaban J connectivity index is 4.29. The number of hydrogen-bond donors (Lipinski definition) is 2. The first-order chi connectivity index (χ1) is 17.1. The first-order valence-corrected chi connectivity index (χ1v) is 15.4. The summed E-state index contributed by atoms with van der Waals surface area (Å²) in [6.07, 6.45) is 27.2. The Morgan fingerprint density at radius 3 is 1.34 bits per heavy atom. The molecule has 0 heterocycles. The van der Waals surface area contributed by atoms with E-state index >= 15 is 0 Å². The second-order valence-electron chi connectivity index (χ2n) is 11.1. The van der Waals surface area contributed by atoms with Crippen molar-refractivity contribution in [2.45, 2.75) is 162 Å². The highest BCUT2D eigenvalue weighted by Crippen LogP contribution is 2.25. The normalized spacial score (nSPS) is 12.7. The van der Waals surface area contributed by atoms with Crippen LogP contribution in [0.5, 0.6) is 0 Å². The fraction of sp³-hybridized carbons (Fsp3) is 0.968. The lowest BCUT2D eigenvalue weighted by atomic mass is 9.88. The molecular weight excluding hydrogens is 436 g/mol. The van der Waals surface area contributed by atoms with E-state index in [0.717, 1.165) is 12.8 Å². The number of rotatable bonds is 27. The van der Waals surface area contributed by atoms with Crippen LogP contribution in [0.15, 0.2) is 0 Å². The Morgan fingerprint density at radius 2 is 1.00 bits per heavy atom. The SMILES string of the molecule is CCCCCCCCCCCCC(CCCCCCCCCC)CC(=O)OCC(CC)(CO)CO. The molecule has 2 N–H and O–H groups in total. The average Bonchev–Trinajstić information content (AvgIpc) is 2.87. The largest absolute Gasteiger partial charge is 0.465 e. The molecule has 0 amide bonds. The van der Waals surface area contributed by atoms with Crippen LogP contribution in [0, 0.1) is 11.3 Å². The van der Waals surface area contributed by atoms with E-state index in [2.05, 4.69) is 13.8 Å². The highest BCUT2D eigenvalue weighted by atomic mass is 16.5. The molecule has 0 aromatic carbocycles. The van der Waals surface area contributed by atoms with E-state index in [9.17, 15) is 15.0 Å². The molecule has 0 aliphatic rings. The summed E-state index contributed by atoms with van der Waals surface area (Å²) in [5.41, 5.74) is -0.709. The van der Waals surface area contributed by atoms with E-state index < -0.39 is 5.41 Å². The average molecular weight is 499 g/mol. The summed E-state index contributed by atoms with van der Waals surface area (Å²) >= 11 is 0. The Bertz CT molecular complexity index is 439. The zero-order chi connectivity index (χ0) is 26.0. The first kappa shape index (κ1) is 34.4. The van der Waals surface area contributed by atoms with Crippen LogP contribution in [0.4, 0.5) is 0 Å². The van der Waals surface area contributed by atoms with E-state index in [-0.39, 0.29) is 25.8 Å². The summed E-state index contributed by atoms with van der Waals surface area (Å²) in [7, 11) is 0. The maximum atomic E-state index is 12.6. The molecule has 1 unspecified atom stereocenters. The van der Waals surface area contributed by atoms with Crippen LogP contribution in [0.3, 0.4) is 0 Å². The second-order valence-corrected chi connectivity index (χ2v) is 11.1. The summed E-state index contributed by atoms with van der Waals surface area (Å²) in [5, 5.41) is 19.2. The molecule has 1 atom stereocenters. The van der Waals surface area contributed by atoms with Crippen LogP contribution in [0.1, 0.15) is 162 Å². The Morgan fingerprint density at radius 1 is 0.629 bits per heavy atom. The van der Waals surface area contributed by atoms with Crippen molar-refractivity contribution < 1.29 is 19.7 Å². The summed E-state index contributed by atoms with van der Waals surface area (Å²) in [6.45, 7) is 6.23. The summed E-state index contributed by atoms with van der Waals surface area (Å²) in [5.74, 6) is 0.234. The van der Waals surface area contributed by atoms with Crippen molar-refractivity contribution in [1.82, 2.24) is 0 Å². The minimum atomic E-state index is -0.709. The van der Waals surface area contributed by atoms with Crippen molar-refractivity contribution in [1.29, 1.82) is 0 Å². The van der Waals surface area contributed by atoms with Crippen LogP contribution < -0.4 is 0 Å². The van der Waals surface area contributed by atoms with Gasteiger partial charge in [0, 0.05) is 6.42 Å². The molecule has 210 valence electrons. The number of carbonyl (C=O) groups is 1. The van der Waals surface area contributed by atoms with Crippen LogP contribution in [0.2, 0.25) is 0 Å². The summed E-state index contributed by atoms with van der Waals surface area (Å²) < 4.78 is 5.53. The molecule has 0 aromatic heterocycles. The number of aliphatic hydroxyl groups excluding tert-OH is 2. The molecule has 4 nitrogen and oxygen atoms in total. The van der Waals surface area contributed by atoms with Gasteiger partial charge in [-0.25, -0.2) is 0 Å². The van der Waals surface area contributed by atoms with E-state index in [1.54, 1.807) is 0 Å². The molecule has 0 rings (SSSR count). The standard InChI is InChI=1S/C31H62O4/c1-4-7-9-11-13-15-16-18-20-22-24-29(23-21-19-17-14-12-10-8-5-2)25-30(34)35-28-31(6-3,26-32)27-33/h29,32-33H,4-28H2,1-3H3. The quantitative estimate of drug-likeness (QED) is 0.0877. The van der Waals surface area contributed by atoms with Crippen LogP contribution in [-0.2, 0) is 9.53 Å². The monoisotopic (exact) mass is 498 g/mol. The van der Waals surface area contributed by atoms with Gasteiger partial charge in [0.25, 0.3) is 0 Å². The topological polar surface area (TPSA) is 66.8 Å². The van der Waals surface area contributed by atoms with E-state index in [1.165, 1.54) is 116 Å². The van der Waals surface area contributed by atoms with Gasteiger partial charge in [-0.1, -0.05) is 136 Å². The third kappa shape index (κ3) is 20.2. The Labute approximate surface area is 219 Å². The fourth-order valence-electron chi connectivity index (χ4n) is 4.83. The summed E-state index contributed by atoms with van der Waals surface area (Å²) in [6, 6.07) is 0. The molecule has 4 heteroatoms. The van der Waals surface area contributed by atoms with Gasteiger partial charge in [0.1, 0.15) is 6.61 Å².